The van der Waals surface area contributed by atoms with E-state index in [-0.39, 0.29) is 0 Å². The van der Waals surface area contributed by atoms with E-state index in [1.807, 2.05) is 6.07 Å². The predicted molar refractivity (Wildman–Crippen MR) is 74.0 cm³/mol. The molecule has 0 bridgehead atoms. The second kappa shape index (κ2) is 5.99. The predicted octanol–water partition coefficient (Wildman–Crippen LogP) is 2.38. The smallest absolute Gasteiger partial charge is 0.0234 e. The molecule has 17 heavy (non-hydrogen) atoms. The van der Waals surface area contributed by atoms with Crippen molar-refractivity contribution in [2.75, 3.05) is 26.7 Å². The van der Waals surface area contributed by atoms with Gasteiger partial charge >= 0.3 is 0 Å². The van der Waals surface area contributed by atoms with Crippen LogP contribution in [-0.4, -0.2) is 37.6 Å². The number of nitrogens with one attached hydrogen (secondary N) is 1. The Morgan fingerprint density at radius 3 is 2.82 bits per heavy atom. The summed E-state index contributed by atoms with van der Waals surface area (Å²) in [5.74, 6) is 0. The van der Waals surface area contributed by atoms with E-state index >= 15 is 0 Å². The summed E-state index contributed by atoms with van der Waals surface area (Å²) in [6.45, 7) is 7.43. The van der Waals surface area contributed by atoms with Crippen LogP contribution in [0.1, 0.15) is 18.4 Å². The SMILES string of the molecule is C=C(CN(C)C1CCCNC1)c1ccccc1. The Morgan fingerprint density at radius 2 is 2.18 bits per heavy atom. The normalized spacial score (nSPS) is 20.5. The Morgan fingerprint density at radius 1 is 1.41 bits per heavy atom. The highest BCUT2D eigenvalue weighted by atomic mass is 15.2. The summed E-state index contributed by atoms with van der Waals surface area (Å²) >= 11 is 0. The van der Waals surface area contributed by atoms with Gasteiger partial charge in [-0.25, -0.2) is 0 Å². The van der Waals surface area contributed by atoms with Crippen LogP contribution in [0.3, 0.4) is 0 Å². The largest absolute Gasteiger partial charge is 0.315 e. The zero-order valence-corrected chi connectivity index (χ0v) is 10.7. The number of hydrogen-bond donors (Lipinski definition) is 1. The van der Waals surface area contributed by atoms with Gasteiger partial charge in [0.15, 0.2) is 0 Å². The Labute approximate surface area is 104 Å². The summed E-state index contributed by atoms with van der Waals surface area (Å²) in [5, 5.41) is 3.46. The average molecular weight is 230 g/mol. The lowest BCUT2D eigenvalue weighted by molar-refractivity contribution is 0.224. The van der Waals surface area contributed by atoms with Gasteiger partial charge in [0.2, 0.25) is 0 Å². The fourth-order valence-electron chi connectivity index (χ4n) is 2.40. The van der Waals surface area contributed by atoms with Gasteiger partial charge in [-0.3, -0.25) is 4.90 Å². The summed E-state index contributed by atoms with van der Waals surface area (Å²) in [7, 11) is 2.20. The van der Waals surface area contributed by atoms with E-state index in [2.05, 4.69) is 48.1 Å². The van der Waals surface area contributed by atoms with Crippen molar-refractivity contribution in [1.82, 2.24) is 10.2 Å². The van der Waals surface area contributed by atoms with Crippen LogP contribution in [0.5, 0.6) is 0 Å². The highest BCUT2D eigenvalue weighted by Crippen LogP contribution is 2.16. The van der Waals surface area contributed by atoms with E-state index in [0.717, 1.165) is 13.1 Å². The lowest BCUT2D eigenvalue weighted by atomic mass is 10.0. The molecule has 0 aromatic heterocycles. The van der Waals surface area contributed by atoms with Crippen molar-refractivity contribution < 1.29 is 0 Å². The number of piperidine rings is 1. The third kappa shape index (κ3) is 3.42. The van der Waals surface area contributed by atoms with Crippen molar-refractivity contribution in [2.45, 2.75) is 18.9 Å². The fourth-order valence-corrected chi connectivity index (χ4v) is 2.40. The second-order valence-electron chi connectivity index (χ2n) is 4.88. The van der Waals surface area contributed by atoms with E-state index in [1.54, 1.807) is 0 Å². The molecule has 2 rings (SSSR count). The van der Waals surface area contributed by atoms with Gasteiger partial charge in [-0.05, 0) is 37.6 Å². The third-order valence-electron chi connectivity index (χ3n) is 3.52. The molecule has 0 spiro atoms. The van der Waals surface area contributed by atoms with Crippen LogP contribution in [-0.2, 0) is 0 Å². The quantitative estimate of drug-likeness (QED) is 0.854. The molecule has 1 heterocycles. The first-order valence-electron chi connectivity index (χ1n) is 6.41. The van der Waals surface area contributed by atoms with Gasteiger partial charge in [0, 0.05) is 19.1 Å². The summed E-state index contributed by atoms with van der Waals surface area (Å²) in [4.78, 5) is 2.42. The van der Waals surface area contributed by atoms with E-state index in [9.17, 15) is 0 Å². The van der Waals surface area contributed by atoms with Crippen LogP contribution < -0.4 is 5.32 Å². The summed E-state index contributed by atoms with van der Waals surface area (Å²) in [6.07, 6.45) is 2.58. The minimum absolute atomic E-state index is 0.657. The summed E-state index contributed by atoms with van der Waals surface area (Å²) in [6, 6.07) is 11.1. The molecule has 1 aliphatic heterocycles. The fraction of sp³-hybridized carbons (Fsp3) is 0.467. The molecule has 1 saturated heterocycles. The number of nitrogens with zero attached hydrogens (tertiary/aromatic N) is 1. The maximum atomic E-state index is 4.20. The minimum Gasteiger partial charge on any atom is -0.315 e. The summed E-state index contributed by atoms with van der Waals surface area (Å²) in [5.41, 5.74) is 2.46. The van der Waals surface area contributed by atoms with Gasteiger partial charge < -0.3 is 5.32 Å². The molecular formula is C15H22N2. The first-order valence-corrected chi connectivity index (χ1v) is 6.41. The molecule has 92 valence electrons. The van der Waals surface area contributed by atoms with Gasteiger partial charge in [0.25, 0.3) is 0 Å². The van der Waals surface area contributed by atoms with E-state index in [4.69, 9.17) is 0 Å². The van der Waals surface area contributed by atoms with Gasteiger partial charge in [0.1, 0.15) is 0 Å². The Kier molecular flexibility index (Phi) is 4.35. The molecule has 1 fully saturated rings. The molecule has 1 aromatic rings. The topological polar surface area (TPSA) is 15.3 Å². The van der Waals surface area contributed by atoms with Crippen molar-refractivity contribution in [2.24, 2.45) is 0 Å². The standard InChI is InChI=1S/C15H22N2/c1-13(14-7-4-3-5-8-14)12-17(2)15-9-6-10-16-11-15/h3-5,7-8,15-16H,1,6,9-12H2,2H3. The molecule has 0 aliphatic carbocycles. The molecule has 2 nitrogen and oxygen atoms in total. The van der Waals surface area contributed by atoms with E-state index < -0.39 is 0 Å². The molecule has 2 heteroatoms. The second-order valence-corrected chi connectivity index (χ2v) is 4.88. The van der Waals surface area contributed by atoms with E-state index in [1.165, 1.54) is 30.5 Å². The molecular weight excluding hydrogens is 208 g/mol. The number of rotatable bonds is 4. The van der Waals surface area contributed by atoms with Crippen molar-refractivity contribution in [3.63, 3.8) is 0 Å². The lowest BCUT2D eigenvalue weighted by Gasteiger charge is -2.32. The molecule has 0 saturated carbocycles. The Hall–Kier alpha value is -1.12. The van der Waals surface area contributed by atoms with Gasteiger partial charge in [-0.2, -0.15) is 0 Å². The number of hydrogen-bond acceptors (Lipinski definition) is 2. The highest BCUT2D eigenvalue weighted by molar-refractivity contribution is 5.64. The molecule has 0 radical (unpaired) electrons. The molecule has 1 aliphatic rings. The van der Waals surface area contributed by atoms with Crippen LogP contribution in [0, 0.1) is 0 Å². The zero-order valence-electron chi connectivity index (χ0n) is 10.7. The van der Waals surface area contributed by atoms with Crippen molar-refractivity contribution >= 4 is 5.57 Å². The van der Waals surface area contributed by atoms with Crippen molar-refractivity contribution in [3.05, 3.63) is 42.5 Å². The molecule has 1 N–H and O–H groups in total. The highest BCUT2D eigenvalue weighted by Gasteiger charge is 2.17. The lowest BCUT2D eigenvalue weighted by Crippen LogP contribution is -2.44. The van der Waals surface area contributed by atoms with Gasteiger partial charge in [0.05, 0.1) is 0 Å². The molecule has 1 atom stereocenters. The maximum Gasteiger partial charge on any atom is 0.0234 e. The van der Waals surface area contributed by atoms with Crippen LogP contribution in [0.15, 0.2) is 36.9 Å². The first-order chi connectivity index (χ1) is 8.27. The van der Waals surface area contributed by atoms with Crippen molar-refractivity contribution in [3.8, 4) is 0 Å². The maximum absolute atomic E-state index is 4.20. The molecule has 1 unspecified atom stereocenters. The van der Waals surface area contributed by atoms with Gasteiger partial charge in [-0.15, -0.1) is 0 Å². The monoisotopic (exact) mass is 230 g/mol. The first kappa shape index (κ1) is 12.3. The van der Waals surface area contributed by atoms with Crippen LogP contribution in [0.2, 0.25) is 0 Å². The number of likely N-dealkylation sites (N-methyl/N-ethyl adjacent to an activating group) is 1. The molecule has 0 amide bonds. The summed E-state index contributed by atoms with van der Waals surface area (Å²) < 4.78 is 0. The van der Waals surface area contributed by atoms with Crippen LogP contribution >= 0.6 is 0 Å². The number of benzene rings is 1. The van der Waals surface area contributed by atoms with Crippen molar-refractivity contribution in [1.29, 1.82) is 0 Å². The Bertz CT molecular complexity index is 352. The van der Waals surface area contributed by atoms with Crippen LogP contribution in [0.25, 0.3) is 5.57 Å². The average Bonchev–Trinajstić information content (AvgIpc) is 2.40. The molecule has 1 aromatic carbocycles. The van der Waals surface area contributed by atoms with E-state index in [0.29, 0.717) is 6.04 Å². The minimum atomic E-state index is 0.657. The van der Waals surface area contributed by atoms with Crippen LogP contribution in [0.4, 0.5) is 0 Å². The Balaban J connectivity index is 1.89. The zero-order chi connectivity index (χ0) is 12.1. The van der Waals surface area contributed by atoms with Gasteiger partial charge in [-0.1, -0.05) is 36.9 Å². The third-order valence-corrected chi connectivity index (χ3v) is 3.52.